The maximum absolute atomic E-state index is 10.8. The lowest BCUT2D eigenvalue weighted by molar-refractivity contribution is -0.141. The van der Waals surface area contributed by atoms with Crippen LogP contribution in [0.5, 0.6) is 0 Å². The topological polar surface area (TPSA) is 57.5 Å². The summed E-state index contributed by atoms with van der Waals surface area (Å²) in [4.78, 5) is 10.8. The molecule has 1 aromatic carbocycles. The molecule has 0 amide bonds. The van der Waals surface area contributed by atoms with Gasteiger partial charge in [-0.1, -0.05) is 24.3 Å². The minimum atomic E-state index is -0.947. The molecule has 3 nitrogen and oxygen atoms in total. The van der Waals surface area contributed by atoms with Crippen molar-refractivity contribution in [3.63, 3.8) is 0 Å². The molecule has 0 aliphatic heterocycles. The van der Waals surface area contributed by atoms with E-state index in [9.17, 15) is 9.90 Å². The van der Waals surface area contributed by atoms with Gasteiger partial charge in [0.1, 0.15) is 5.92 Å². The minimum Gasteiger partial charge on any atom is -0.481 e. The Morgan fingerprint density at radius 3 is 2.77 bits per heavy atom. The normalized spacial score (nSPS) is 25.6. The van der Waals surface area contributed by atoms with Crippen LogP contribution in [-0.4, -0.2) is 22.3 Å². The van der Waals surface area contributed by atoms with Gasteiger partial charge in [0.05, 0.1) is 6.10 Å². The standard InChI is InChI=1S/C10H10O3/c11-8-5-6-3-1-2-4-7(6)9(8)10(12)13/h1-4,8-9,11H,5H2,(H,12,13)/t8-,9+/m1/s1. The minimum absolute atomic E-state index is 0.452. The van der Waals surface area contributed by atoms with Gasteiger partial charge in [-0.2, -0.15) is 0 Å². The number of rotatable bonds is 1. The van der Waals surface area contributed by atoms with Crippen LogP contribution in [0.1, 0.15) is 17.0 Å². The zero-order valence-electron chi connectivity index (χ0n) is 6.97. The molecule has 1 aliphatic carbocycles. The summed E-state index contributed by atoms with van der Waals surface area (Å²) in [7, 11) is 0. The lowest BCUT2D eigenvalue weighted by Gasteiger charge is -2.09. The second-order valence-electron chi connectivity index (χ2n) is 3.29. The first-order valence-corrected chi connectivity index (χ1v) is 4.19. The zero-order valence-corrected chi connectivity index (χ0v) is 6.97. The first-order chi connectivity index (χ1) is 6.20. The lowest BCUT2D eigenvalue weighted by atomic mass is 10.0. The van der Waals surface area contributed by atoms with Gasteiger partial charge in [-0.3, -0.25) is 4.79 Å². The molecule has 1 aromatic rings. The van der Waals surface area contributed by atoms with Crippen LogP contribution in [0.15, 0.2) is 24.3 Å². The molecule has 0 spiro atoms. The van der Waals surface area contributed by atoms with Crippen LogP contribution >= 0.6 is 0 Å². The van der Waals surface area contributed by atoms with E-state index in [4.69, 9.17) is 5.11 Å². The third-order valence-corrected chi connectivity index (χ3v) is 2.47. The monoisotopic (exact) mass is 178 g/mol. The molecule has 13 heavy (non-hydrogen) atoms. The van der Waals surface area contributed by atoms with Crippen molar-refractivity contribution < 1.29 is 15.0 Å². The lowest BCUT2D eigenvalue weighted by Crippen LogP contribution is -2.21. The first-order valence-electron chi connectivity index (χ1n) is 4.19. The summed E-state index contributed by atoms with van der Waals surface area (Å²) in [5, 5.41) is 18.4. The summed E-state index contributed by atoms with van der Waals surface area (Å²) in [6, 6.07) is 7.29. The first kappa shape index (κ1) is 8.26. The SMILES string of the molecule is O=C(O)[C@H]1c2ccccc2C[C@H]1O. The van der Waals surface area contributed by atoms with E-state index in [1.807, 2.05) is 12.1 Å². The van der Waals surface area contributed by atoms with Crippen LogP contribution in [0.4, 0.5) is 0 Å². The van der Waals surface area contributed by atoms with Crippen LogP contribution in [-0.2, 0) is 11.2 Å². The summed E-state index contributed by atoms with van der Waals surface area (Å²) in [5.74, 6) is -1.69. The molecule has 0 aromatic heterocycles. The van der Waals surface area contributed by atoms with Crippen molar-refractivity contribution >= 4 is 5.97 Å². The van der Waals surface area contributed by atoms with E-state index < -0.39 is 18.0 Å². The number of aliphatic hydroxyl groups is 1. The Bertz CT molecular complexity index is 346. The molecule has 0 radical (unpaired) electrons. The van der Waals surface area contributed by atoms with E-state index >= 15 is 0 Å². The van der Waals surface area contributed by atoms with Crippen LogP contribution in [0, 0.1) is 0 Å². The molecular formula is C10H10O3. The molecule has 0 bridgehead atoms. The van der Waals surface area contributed by atoms with Crippen LogP contribution in [0.2, 0.25) is 0 Å². The van der Waals surface area contributed by atoms with Crippen LogP contribution in [0.25, 0.3) is 0 Å². The number of carboxylic acids is 1. The Morgan fingerprint density at radius 1 is 1.38 bits per heavy atom. The van der Waals surface area contributed by atoms with Gasteiger partial charge in [0.2, 0.25) is 0 Å². The smallest absolute Gasteiger partial charge is 0.313 e. The highest BCUT2D eigenvalue weighted by molar-refractivity contribution is 5.78. The third-order valence-electron chi connectivity index (χ3n) is 2.47. The fourth-order valence-corrected chi connectivity index (χ4v) is 1.87. The van der Waals surface area contributed by atoms with Crippen LogP contribution < -0.4 is 0 Å². The van der Waals surface area contributed by atoms with Crippen molar-refractivity contribution in [3.05, 3.63) is 35.4 Å². The highest BCUT2D eigenvalue weighted by Gasteiger charge is 2.35. The molecular weight excluding hydrogens is 168 g/mol. The van der Waals surface area contributed by atoms with Crippen molar-refractivity contribution in [3.8, 4) is 0 Å². The maximum Gasteiger partial charge on any atom is 0.313 e. The van der Waals surface area contributed by atoms with Gasteiger partial charge in [0, 0.05) is 0 Å². The highest BCUT2D eigenvalue weighted by atomic mass is 16.4. The summed E-state index contributed by atoms with van der Waals surface area (Å²) in [6.07, 6.45) is -0.317. The van der Waals surface area contributed by atoms with E-state index in [0.29, 0.717) is 6.42 Å². The predicted octanol–water partition coefficient (Wildman–Crippen LogP) is 0.772. The Hall–Kier alpha value is -1.35. The van der Waals surface area contributed by atoms with Gasteiger partial charge in [0.15, 0.2) is 0 Å². The summed E-state index contributed by atoms with van der Waals surface area (Å²) < 4.78 is 0. The molecule has 3 heteroatoms. The van der Waals surface area contributed by atoms with Crippen molar-refractivity contribution in [1.29, 1.82) is 0 Å². The Morgan fingerprint density at radius 2 is 2.08 bits per heavy atom. The molecule has 68 valence electrons. The predicted molar refractivity (Wildman–Crippen MR) is 46.5 cm³/mol. The Kier molecular flexibility index (Phi) is 1.81. The average Bonchev–Trinajstić information content (AvgIpc) is 2.39. The third kappa shape index (κ3) is 1.21. The number of aliphatic hydroxyl groups excluding tert-OH is 1. The molecule has 2 N–H and O–H groups in total. The summed E-state index contributed by atoms with van der Waals surface area (Å²) >= 11 is 0. The maximum atomic E-state index is 10.8. The number of benzene rings is 1. The Balaban J connectivity index is 2.46. The van der Waals surface area contributed by atoms with E-state index in [2.05, 4.69) is 0 Å². The van der Waals surface area contributed by atoms with Gasteiger partial charge in [-0.05, 0) is 17.5 Å². The van der Waals surface area contributed by atoms with Crippen molar-refractivity contribution in [2.24, 2.45) is 0 Å². The largest absolute Gasteiger partial charge is 0.481 e. The van der Waals surface area contributed by atoms with Gasteiger partial charge in [-0.15, -0.1) is 0 Å². The molecule has 2 rings (SSSR count). The number of hydrogen-bond acceptors (Lipinski definition) is 2. The van der Waals surface area contributed by atoms with Crippen molar-refractivity contribution in [2.75, 3.05) is 0 Å². The number of aliphatic carboxylic acids is 1. The fourth-order valence-electron chi connectivity index (χ4n) is 1.87. The van der Waals surface area contributed by atoms with E-state index in [1.54, 1.807) is 12.1 Å². The number of fused-ring (bicyclic) bond motifs is 1. The van der Waals surface area contributed by atoms with Gasteiger partial charge < -0.3 is 10.2 Å². The average molecular weight is 178 g/mol. The molecule has 0 fully saturated rings. The van der Waals surface area contributed by atoms with E-state index in [1.165, 1.54) is 0 Å². The Labute approximate surface area is 75.6 Å². The quantitative estimate of drug-likeness (QED) is 0.667. The molecule has 0 saturated carbocycles. The zero-order chi connectivity index (χ0) is 9.42. The van der Waals surface area contributed by atoms with E-state index in [-0.39, 0.29) is 0 Å². The van der Waals surface area contributed by atoms with Gasteiger partial charge in [-0.25, -0.2) is 0 Å². The van der Waals surface area contributed by atoms with E-state index in [0.717, 1.165) is 11.1 Å². The molecule has 0 saturated heterocycles. The summed E-state index contributed by atoms with van der Waals surface area (Å²) in [5.41, 5.74) is 1.70. The molecule has 0 unspecified atom stereocenters. The second kappa shape index (κ2) is 2.85. The number of carbonyl (C=O) groups is 1. The van der Waals surface area contributed by atoms with Gasteiger partial charge in [0.25, 0.3) is 0 Å². The molecule has 2 atom stereocenters. The van der Waals surface area contributed by atoms with Crippen molar-refractivity contribution in [1.82, 2.24) is 0 Å². The number of hydrogen-bond donors (Lipinski definition) is 2. The van der Waals surface area contributed by atoms with Gasteiger partial charge >= 0.3 is 5.97 Å². The number of carboxylic acid groups (broad SMARTS) is 1. The fraction of sp³-hybridized carbons (Fsp3) is 0.300. The second-order valence-corrected chi connectivity index (χ2v) is 3.29. The molecule has 1 aliphatic rings. The summed E-state index contributed by atoms with van der Waals surface area (Å²) in [6.45, 7) is 0. The highest BCUT2D eigenvalue weighted by Crippen LogP contribution is 2.33. The van der Waals surface area contributed by atoms with Crippen molar-refractivity contribution in [2.45, 2.75) is 18.4 Å². The molecule has 0 heterocycles. The van der Waals surface area contributed by atoms with Crippen LogP contribution in [0.3, 0.4) is 0 Å².